The average Bonchev–Trinajstić information content (AvgIpc) is 3.20. The van der Waals surface area contributed by atoms with E-state index in [2.05, 4.69) is 33.8 Å². The summed E-state index contributed by atoms with van der Waals surface area (Å²) in [5, 5.41) is 0. The highest BCUT2D eigenvalue weighted by Gasteiger charge is 2.42. The summed E-state index contributed by atoms with van der Waals surface area (Å²) in [5.41, 5.74) is 1.05. The summed E-state index contributed by atoms with van der Waals surface area (Å²) in [6.45, 7) is 7.13. The van der Waals surface area contributed by atoms with Crippen molar-refractivity contribution in [2.45, 2.75) is 31.2 Å². The fraction of sp³-hybridized carbons (Fsp3) is 0.700. The lowest BCUT2D eigenvalue weighted by Crippen LogP contribution is -2.63. The van der Waals surface area contributed by atoms with Crippen LogP contribution in [0.25, 0.3) is 0 Å². The Morgan fingerprint density at radius 2 is 1.77 bits per heavy atom. The fourth-order valence-corrected chi connectivity index (χ4v) is 4.84. The van der Waals surface area contributed by atoms with Crippen LogP contribution in [-0.4, -0.2) is 91.0 Å². The molecular formula is C20H31N5O. The third-order valence-corrected chi connectivity index (χ3v) is 6.60. The minimum atomic E-state index is 0.153. The maximum absolute atomic E-state index is 12.9. The Labute approximate surface area is 156 Å². The van der Waals surface area contributed by atoms with Crippen molar-refractivity contribution in [3.63, 3.8) is 0 Å². The van der Waals surface area contributed by atoms with E-state index >= 15 is 0 Å². The number of piperidine rings is 1. The first-order chi connectivity index (χ1) is 12.6. The first kappa shape index (κ1) is 17.7. The molecular weight excluding hydrogens is 326 g/mol. The number of carbonyl (C=O) groups excluding carboxylic acids is 1. The SMILES string of the molecule is CN1CCN(C)C2(CCN(c3ncccc3C(=O)N3CCCC3)CC2)C1. The van der Waals surface area contributed by atoms with Crippen LogP contribution in [0.4, 0.5) is 5.82 Å². The molecule has 0 bridgehead atoms. The van der Waals surface area contributed by atoms with Crippen LogP contribution >= 0.6 is 0 Å². The van der Waals surface area contributed by atoms with Gasteiger partial charge < -0.3 is 14.7 Å². The van der Waals surface area contributed by atoms with Gasteiger partial charge in [0.1, 0.15) is 5.82 Å². The lowest BCUT2D eigenvalue weighted by molar-refractivity contribution is 0.00936. The highest BCUT2D eigenvalue weighted by Crippen LogP contribution is 2.33. The molecule has 142 valence electrons. The van der Waals surface area contributed by atoms with E-state index < -0.39 is 0 Å². The number of likely N-dealkylation sites (N-methyl/N-ethyl adjacent to an activating group) is 2. The summed E-state index contributed by atoms with van der Waals surface area (Å²) < 4.78 is 0. The molecule has 0 radical (unpaired) electrons. The van der Waals surface area contributed by atoms with Crippen molar-refractivity contribution in [2.75, 3.05) is 64.8 Å². The lowest BCUT2D eigenvalue weighted by atomic mass is 9.83. The zero-order valence-electron chi connectivity index (χ0n) is 16.2. The largest absolute Gasteiger partial charge is 0.356 e. The first-order valence-electron chi connectivity index (χ1n) is 9.98. The van der Waals surface area contributed by atoms with Gasteiger partial charge in [0, 0.05) is 57.5 Å². The molecule has 26 heavy (non-hydrogen) atoms. The number of carbonyl (C=O) groups is 1. The monoisotopic (exact) mass is 357 g/mol. The van der Waals surface area contributed by atoms with Crippen LogP contribution in [0.3, 0.4) is 0 Å². The highest BCUT2D eigenvalue weighted by molar-refractivity contribution is 5.99. The zero-order chi connectivity index (χ0) is 18.1. The van der Waals surface area contributed by atoms with E-state index in [1.807, 2.05) is 23.2 Å². The van der Waals surface area contributed by atoms with E-state index in [9.17, 15) is 4.79 Å². The lowest BCUT2D eigenvalue weighted by Gasteiger charge is -2.52. The number of hydrogen-bond acceptors (Lipinski definition) is 5. The number of likely N-dealkylation sites (tertiary alicyclic amines) is 1. The number of rotatable bonds is 2. The van der Waals surface area contributed by atoms with Gasteiger partial charge in [0.15, 0.2) is 0 Å². The maximum atomic E-state index is 12.9. The Morgan fingerprint density at radius 1 is 1.04 bits per heavy atom. The standard InChI is InChI=1S/C20H31N5O/c1-22-14-15-23(2)20(16-22)7-12-24(13-8-20)18-17(6-5-9-21-18)19(26)25-10-3-4-11-25/h5-6,9H,3-4,7-8,10-16H2,1-2H3. The second-order valence-corrected chi connectivity index (χ2v) is 8.24. The molecule has 1 spiro atoms. The third-order valence-electron chi connectivity index (χ3n) is 6.60. The van der Waals surface area contributed by atoms with Crippen molar-refractivity contribution in [2.24, 2.45) is 0 Å². The Hall–Kier alpha value is -1.66. The molecule has 1 aromatic heterocycles. The average molecular weight is 358 g/mol. The molecule has 1 amide bonds. The molecule has 0 aromatic carbocycles. The number of nitrogens with zero attached hydrogens (tertiary/aromatic N) is 5. The van der Waals surface area contributed by atoms with Crippen molar-refractivity contribution >= 4 is 11.7 Å². The van der Waals surface area contributed by atoms with Crippen LogP contribution in [0.5, 0.6) is 0 Å². The quantitative estimate of drug-likeness (QED) is 0.803. The Kier molecular flexibility index (Phi) is 4.88. The molecule has 0 N–H and O–H groups in total. The van der Waals surface area contributed by atoms with Gasteiger partial charge in [0.25, 0.3) is 5.91 Å². The van der Waals surface area contributed by atoms with Crippen LogP contribution < -0.4 is 4.90 Å². The van der Waals surface area contributed by atoms with E-state index in [0.29, 0.717) is 0 Å². The molecule has 6 nitrogen and oxygen atoms in total. The van der Waals surface area contributed by atoms with Crippen LogP contribution in [-0.2, 0) is 0 Å². The van der Waals surface area contributed by atoms with Gasteiger partial charge in [0.05, 0.1) is 5.56 Å². The van der Waals surface area contributed by atoms with Gasteiger partial charge in [-0.1, -0.05) is 0 Å². The van der Waals surface area contributed by atoms with Gasteiger partial charge in [-0.3, -0.25) is 9.69 Å². The summed E-state index contributed by atoms with van der Waals surface area (Å²) >= 11 is 0. The van der Waals surface area contributed by atoms with Gasteiger partial charge in [-0.15, -0.1) is 0 Å². The molecule has 3 fully saturated rings. The van der Waals surface area contributed by atoms with Crippen molar-refractivity contribution in [3.8, 4) is 0 Å². The van der Waals surface area contributed by atoms with E-state index in [1.165, 1.54) is 0 Å². The molecule has 3 aliphatic heterocycles. The predicted octanol–water partition coefficient (Wildman–Crippen LogP) is 1.53. The van der Waals surface area contributed by atoms with Crippen LogP contribution in [0, 0.1) is 0 Å². The van der Waals surface area contributed by atoms with Crippen LogP contribution in [0.2, 0.25) is 0 Å². The number of aromatic nitrogens is 1. The molecule has 0 saturated carbocycles. The summed E-state index contributed by atoms with van der Waals surface area (Å²) in [7, 11) is 4.50. The minimum Gasteiger partial charge on any atom is -0.356 e. The van der Waals surface area contributed by atoms with Crippen molar-refractivity contribution in [3.05, 3.63) is 23.9 Å². The molecule has 0 aliphatic carbocycles. The first-order valence-corrected chi connectivity index (χ1v) is 9.98. The number of hydrogen-bond donors (Lipinski definition) is 0. The van der Waals surface area contributed by atoms with Crippen molar-refractivity contribution < 1.29 is 4.79 Å². The molecule has 3 aliphatic rings. The van der Waals surface area contributed by atoms with Gasteiger partial charge >= 0.3 is 0 Å². The summed E-state index contributed by atoms with van der Waals surface area (Å²) in [4.78, 5) is 26.9. The summed E-state index contributed by atoms with van der Waals surface area (Å²) in [6.07, 6.45) is 6.31. The second kappa shape index (κ2) is 7.16. The van der Waals surface area contributed by atoms with Gasteiger partial charge in [-0.25, -0.2) is 4.98 Å². The highest BCUT2D eigenvalue weighted by atomic mass is 16.2. The minimum absolute atomic E-state index is 0.153. The second-order valence-electron chi connectivity index (χ2n) is 8.24. The van der Waals surface area contributed by atoms with Gasteiger partial charge in [-0.05, 0) is 51.9 Å². The Bertz CT molecular complexity index is 649. The number of pyridine rings is 1. The topological polar surface area (TPSA) is 42.9 Å². The normalized spacial score (nSPS) is 24.4. The smallest absolute Gasteiger partial charge is 0.257 e. The molecule has 0 unspecified atom stereocenters. The molecule has 4 heterocycles. The molecule has 0 atom stereocenters. The van der Waals surface area contributed by atoms with E-state index in [1.54, 1.807) is 0 Å². The third kappa shape index (κ3) is 3.21. The van der Waals surface area contributed by atoms with E-state index in [4.69, 9.17) is 0 Å². The van der Waals surface area contributed by atoms with Gasteiger partial charge in [-0.2, -0.15) is 0 Å². The Morgan fingerprint density at radius 3 is 2.50 bits per heavy atom. The zero-order valence-corrected chi connectivity index (χ0v) is 16.2. The molecule has 4 rings (SSSR count). The van der Waals surface area contributed by atoms with Crippen LogP contribution in [0.1, 0.15) is 36.0 Å². The molecule has 1 aromatic rings. The number of piperazine rings is 1. The van der Waals surface area contributed by atoms with Crippen molar-refractivity contribution in [1.82, 2.24) is 19.7 Å². The predicted molar refractivity (Wildman–Crippen MR) is 104 cm³/mol. The van der Waals surface area contributed by atoms with Crippen molar-refractivity contribution in [1.29, 1.82) is 0 Å². The Balaban J connectivity index is 1.50. The number of anilines is 1. The molecule has 3 saturated heterocycles. The maximum Gasteiger partial charge on any atom is 0.257 e. The van der Waals surface area contributed by atoms with Crippen LogP contribution in [0.15, 0.2) is 18.3 Å². The number of amides is 1. The van der Waals surface area contributed by atoms with E-state index in [-0.39, 0.29) is 11.4 Å². The van der Waals surface area contributed by atoms with Gasteiger partial charge in [0.2, 0.25) is 0 Å². The molecule has 6 heteroatoms. The van der Waals surface area contributed by atoms with E-state index in [0.717, 1.165) is 82.9 Å². The summed E-state index contributed by atoms with van der Waals surface area (Å²) in [6, 6.07) is 3.84. The fourth-order valence-electron chi connectivity index (χ4n) is 4.84. The summed E-state index contributed by atoms with van der Waals surface area (Å²) in [5.74, 6) is 1.03.